The Balaban J connectivity index is 2.53. The molecule has 0 aromatic carbocycles. The fourth-order valence-electron chi connectivity index (χ4n) is 2.54. The molecule has 1 aliphatic rings. The molecular formula is C12H22O2S. The molecule has 0 atom stereocenters. The van der Waals surface area contributed by atoms with Crippen LogP contribution in [-0.4, -0.2) is 21.6 Å². The van der Waals surface area contributed by atoms with Crippen LogP contribution in [0.2, 0.25) is 0 Å². The van der Waals surface area contributed by atoms with E-state index in [0.29, 0.717) is 0 Å². The molecule has 88 valence electrons. The second kappa shape index (κ2) is 5.78. The molecule has 0 aromatic heterocycles. The molecule has 1 rings (SSSR count). The minimum absolute atomic E-state index is 0.459. The van der Waals surface area contributed by atoms with E-state index in [2.05, 4.69) is 6.92 Å². The number of hydrogen-bond acceptors (Lipinski definition) is 2. The van der Waals surface area contributed by atoms with Crippen molar-refractivity contribution in [2.75, 3.05) is 5.75 Å². The molecule has 0 unspecified atom stereocenters. The van der Waals surface area contributed by atoms with Crippen LogP contribution in [0.4, 0.5) is 0 Å². The number of thioether (sulfide) groups is 1. The average molecular weight is 230 g/mol. The Morgan fingerprint density at radius 1 is 1.40 bits per heavy atom. The zero-order valence-electron chi connectivity index (χ0n) is 9.79. The molecule has 2 nitrogen and oxygen atoms in total. The number of carboxylic acid groups (broad SMARTS) is 1. The Hall–Kier alpha value is -0.180. The van der Waals surface area contributed by atoms with Gasteiger partial charge in [0.1, 0.15) is 4.75 Å². The minimum atomic E-state index is -0.593. The molecule has 0 saturated heterocycles. The maximum atomic E-state index is 11.3. The number of rotatable bonds is 5. The van der Waals surface area contributed by atoms with Gasteiger partial charge in [0.15, 0.2) is 0 Å². The van der Waals surface area contributed by atoms with Crippen LogP contribution >= 0.6 is 11.8 Å². The summed E-state index contributed by atoms with van der Waals surface area (Å²) in [7, 11) is 0. The third kappa shape index (κ3) is 3.13. The maximum Gasteiger partial charge on any atom is 0.319 e. The first kappa shape index (κ1) is 12.9. The van der Waals surface area contributed by atoms with Crippen molar-refractivity contribution >= 4 is 17.7 Å². The van der Waals surface area contributed by atoms with Crippen LogP contribution in [0.5, 0.6) is 0 Å². The largest absolute Gasteiger partial charge is 0.480 e. The van der Waals surface area contributed by atoms with E-state index in [1.165, 1.54) is 12.8 Å². The molecular weight excluding hydrogens is 208 g/mol. The average Bonchev–Trinajstić information content (AvgIpc) is 2.21. The lowest BCUT2D eigenvalue weighted by molar-refractivity contribution is -0.141. The first-order valence-electron chi connectivity index (χ1n) is 6.02. The van der Waals surface area contributed by atoms with Gasteiger partial charge in [-0.2, -0.15) is 0 Å². The fourth-order valence-corrected chi connectivity index (χ4v) is 3.74. The first-order chi connectivity index (χ1) is 7.14. The highest BCUT2D eigenvalue weighted by molar-refractivity contribution is 8.01. The van der Waals surface area contributed by atoms with Gasteiger partial charge in [-0.05, 0) is 37.4 Å². The van der Waals surface area contributed by atoms with Gasteiger partial charge in [-0.15, -0.1) is 11.8 Å². The van der Waals surface area contributed by atoms with Crippen LogP contribution in [0, 0.1) is 5.92 Å². The van der Waals surface area contributed by atoms with E-state index in [9.17, 15) is 9.90 Å². The van der Waals surface area contributed by atoms with Crippen molar-refractivity contribution in [3.05, 3.63) is 0 Å². The lowest BCUT2D eigenvalue weighted by atomic mass is 9.79. The van der Waals surface area contributed by atoms with Crippen LogP contribution in [0.1, 0.15) is 52.4 Å². The standard InChI is InChI=1S/C12H22O2S/c1-3-5-10-6-8-12(9-7-10,11(13)14)15-4-2/h10H,3-9H2,1-2H3,(H,13,14). The molecule has 15 heavy (non-hydrogen) atoms. The summed E-state index contributed by atoms with van der Waals surface area (Å²) in [5.41, 5.74) is 0. The number of aliphatic carboxylic acids is 1. The number of hydrogen-bond donors (Lipinski definition) is 1. The van der Waals surface area contributed by atoms with E-state index in [-0.39, 0.29) is 0 Å². The van der Waals surface area contributed by atoms with Crippen molar-refractivity contribution in [1.82, 2.24) is 0 Å². The third-order valence-corrected chi connectivity index (χ3v) is 4.84. The second-order valence-electron chi connectivity index (χ2n) is 4.46. The summed E-state index contributed by atoms with van der Waals surface area (Å²) in [4.78, 5) is 11.3. The summed E-state index contributed by atoms with van der Waals surface area (Å²) in [5.74, 6) is 1.09. The van der Waals surface area contributed by atoms with E-state index < -0.39 is 10.7 Å². The van der Waals surface area contributed by atoms with Crippen molar-refractivity contribution in [3.8, 4) is 0 Å². The van der Waals surface area contributed by atoms with Crippen molar-refractivity contribution in [3.63, 3.8) is 0 Å². The zero-order valence-corrected chi connectivity index (χ0v) is 10.6. The predicted octanol–water partition coefficient (Wildman–Crippen LogP) is 3.55. The SMILES string of the molecule is CCCC1CCC(SCC)(C(=O)O)CC1. The van der Waals surface area contributed by atoms with Gasteiger partial charge in [0, 0.05) is 0 Å². The molecule has 1 fully saturated rings. The summed E-state index contributed by atoms with van der Waals surface area (Å²) in [5, 5.41) is 9.32. The highest BCUT2D eigenvalue weighted by atomic mass is 32.2. The summed E-state index contributed by atoms with van der Waals surface area (Å²) >= 11 is 1.63. The summed E-state index contributed by atoms with van der Waals surface area (Å²) in [6.07, 6.45) is 6.44. The molecule has 1 saturated carbocycles. The van der Waals surface area contributed by atoms with E-state index in [4.69, 9.17) is 0 Å². The summed E-state index contributed by atoms with van der Waals surface area (Å²) in [6, 6.07) is 0. The van der Waals surface area contributed by atoms with Crippen LogP contribution in [-0.2, 0) is 4.79 Å². The molecule has 3 heteroatoms. The van der Waals surface area contributed by atoms with Gasteiger partial charge < -0.3 is 5.11 Å². The first-order valence-corrected chi connectivity index (χ1v) is 7.00. The maximum absolute atomic E-state index is 11.3. The van der Waals surface area contributed by atoms with Gasteiger partial charge >= 0.3 is 5.97 Å². The van der Waals surface area contributed by atoms with Crippen LogP contribution in [0.25, 0.3) is 0 Å². The Morgan fingerprint density at radius 3 is 2.40 bits per heavy atom. The molecule has 0 aromatic rings. The second-order valence-corrected chi connectivity index (χ2v) is 6.11. The van der Waals surface area contributed by atoms with Crippen molar-refractivity contribution in [2.24, 2.45) is 5.92 Å². The van der Waals surface area contributed by atoms with Gasteiger partial charge in [-0.1, -0.05) is 26.7 Å². The number of carbonyl (C=O) groups is 1. The lowest BCUT2D eigenvalue weighted by Crippen LogP contribution is -2.39. The quantitative estimate of drug-likeness (QED) is 0.784. The molecule has 1 aliphatic carbocycles. The van der Waals surface area contributed by atoms with E-state index >= 15 is 0 Å². The molecule has 1 N–H and O–H groups in total. The monoisotopic (exact) mass is 230 g/mol. The predicted molar refractivity (Wildman–Crippen MR) is 65.4 cm³/mol. The molecule has 0 heterocycles. The topological polar surface area (TPSA) is 37.3 Å². The van der Waals surface area contributed by atoms with Crippen molar-refractivity contribution in [1.29, 1.82) is 0 Å². The highest BCUT2D eigenvalue weighted by Crippen LogP contribution is 2.43. The number of carboxylic acids is 1. The van der Waals surface area contributed by atoms with Gasteiger partial charge in [0.2, 0.25) is 0 Å². The Kier molecular flexibility index (Phi) is 4.97. The van der Waals surface area contributed by atoms with Crippen LogP contribution < -0.4 is 0 Å². The lowest BCUT2D eigenvalue weighted by Gasteiger charge is -2.36. The minimum Gasteiger partial charge on any atom is -0.480 e. The highest BCUT2D eigenvalue weighted by Gasteiger charge is 2.41. The molecule has 0 radical (unpaired) electrons. The van der Waals surface area contributed by atoms with Gasteiger partial charge in [0.05, 0.1) is 0 Å². The van der Waals surface area contributed by atoms with E-state index in [1.807, 2.05) is 6.92 Å². The Morgan fingerprint density at radius 2 is 2.00 bits per heavy atom. The van der Waals surface area contributed by atoms with Crippen molar-refractivity contribution in [2.45, 2.75) is 57.1 Å². The Labute approximate surface area is 96.8 Å². The van der Waals surface area contributed by atoms with E-state index in [1.54, 1.807) is 11.8 Å². The van der Waals surface area contributed by atoms with Crippen LogP contribution in [0.3, 0.4) is 0 Å². The molecule has 0 spiro atoms. The third-order valence-electron chi connectivity index (χ3n) is 3.42. The van der Waals surface area contributed by atoms with Gasteiger partial charge in [-0.3, -0.25) is 4.79 Å². The molecule has 0 amide bonds. The normalized spacial score (nSPS) is 31.5. The summed E-state index contributed by atoms with van der Waals surface area (Å²) in [6.45, 7) is 4.26. The zero-order chi connectivity index (χ0) is 11.3. The molecule has 0 aliphatic heterocycles. The fraction of sp³-hybridized carbons (Fsp3) is 0.917. The van der Waals surface area contributed by atoms with Crippen molar-refractivity contribution < 1.29 is 9.90 Å². The van der Waals surface area contributed by atoms with Crippen LogP contribution in [0.15, 0.2) is 0 Å². The van der Waals surface area contributed by atoms with Gasteiger partial charge in [-0.25, -0.2) is 0 Å². The van der Waals surface area contributed by atoms with Gasteiger partial charge in [0.25, 0.3) is 0 Å². The smallest absolute Gasteiger partial charge is 0.319 e. The Bertz CT molecular complexity index is 208. The molecule has 0 bridgehead atoms. The van der Waals surface area contributed by atoms with E-state index in [0.717, 1.165) is 37.4 Å². The summed E-state index contributed by atoms with van der Waals surface area (Å²) < 4.78 is -0.459.